The molecule has 1 aliphatic carbocycles. The maximum absolute atomic E-state index is 13.0. The van der Waals surface area contributed by atoms with E-state index in [9.17, 15) is 4.79 Å². The van der Waals surface area contributed by atoms with E-state index < -0.39 is 0 Å². The molecule has 1 aliphatic heterocycles. The van der Waals surface area contributed by atoms with Crippen LogP contribution in [0.1, 0.15) is 44.7 Å². The lowest BCUT2D eigenvalue weighted by Gasteiger charge is -2.31. The molecule has 0 bridgehead atoms. The van der Waals surface area contributed by atoms with Gasteiger partial charge in [0.2, 0.25) is 0 Å². The number of esters is 1. The van der Waals surface area contributed by atoms with Crippen molar-refractivity contribution >= 4 is 29.0 Å². The Kier molecular flexibility index (Phi) is 5.51. The molecular formula is C20H27N3O2S. The summed E-state index contributed by atoms with van der Waals surface area (Å²) in [6, 6.07) is 7.84. The lowest BCUT2D eigenvalue weighted by Crippen LogP contribution is -2.45. The number of carbonyl (C=O) groups excluding carboxylic acids is 1. The van der Waals surface area contributed by atoms with Crippen LogP contribution < -0.4 is 15.5 Å². The van der Waals surface area contributed by atoms with E-state index in [1.54, 1.807) is 0 Å². The van der Waals surface area contributed by atoms with E-state index in [4.69, 9.17) is 17.0 Å². The molecule has 0 radical (unpaired) electrons. The van der Waals surface area contributed by atoms with E-state index >= 15 is 0 Å². The summed E-state index contributed by atoms with van der Waals surface area (Å²) in [6.45, 7) is 4.03. The number of nitrogens with one attached hydrogen (secondary N) is 2. The van der Waals surface area contributed by atoms with Crippen LogP contribution in [-0.2, 0) is 9.53 Å². The van der Waals surface area contributed by atoms with Crippen molar-refractivity contribution in [3.8, 4) is 0 Å². The standard InChI is InChI=1S/C20H27N3O2S/c1-12-6-5-7-16(12)25-19(24)17-13(2)21-20(26)22-18(17)14-8-10-15(11-9-14)23(3)4/h8-12,16,18H,5-7H2,1-4H3,(H2,21,22,26)/t12-,16-,18+/m0/s1. The number of nitrogens with zero attached hydrogens (tertiary/aromatic N) is 1. The van der Waals surface area contributed by atoms with Crippen LogP contribution >= 0.6 is 12.2 Å². The van der Waals surface area contributed by atoms with Gasteiger partial charge < -0.3 is 20.3 Å². The summed E-state index contributed by atoms with van der Waals surface area (Å²) in [5, 5.41) is 6.82. The molecule has 1 aromatic carbocycles. The summed E-state index contributed by atoms with van der Waals surface area (Å²) in [4.78, 5) is 15.0. The Morgan fingerprint density at radius 1 is 1.23 bits per heavy atom. The van der Waals surface area contributed by atoms with Crippen molar-refractivity contribution in [1.29, 1.82) is 0 Å². The van der Waals surface area contributed by atoms with Gasteiger partial charge in [0, 0.05) is 25.5 Å². The van der Waals surface area contributed by atoms with Crippen LogP contribution in [0.4, 0.5) is 5.69 Å². The van der Waals surface area contributed by atoms with Gasteiger partial charge in [-0.25, -0.2) is 4.79 Å². The topological polar surface area (TPSA) is 53.6 Å². The minimum atomic E-state index is -0.302. The number of anilines is 1. The number of hydrogen-bond donors (Lipinski definition) is 2. The second-order valence-electron chi connectivity index (χ2n) is 7.41. The minimum Gasteiger partial charge on any atom is -0.459 e. The van der Waals surface area contributed by atoms with Crippen LogP contribution in [0.15, 0.2) is 35.5 Å². The van der Waals surface area contributed by atoms with Gasteiger partial charge >= 0.3 is 5.97 Å². The molecule has 1 aromatic rings. The molecule has 0 aromatic heterocycles. The molecule has 140 valence electrons. The molecule has 2 N–H and O–H groups in total. The van der Waals surface area contributed by atoms with Crippen LogP contribution in [0.2, 0.25) is 0 Å². The third-order valence-electron chi connectivity index (χ3n) is 5.27. The van der Waals surface area contributed by atoms with Crippen molar-refractivity contribution in [2.24, 2.45) is 5.92 Å². The number of benzene rings is 1. The maximum atomic E-state index is 13.0. The first-order chi connectivity index (χ1) is 12.4. The number of rotatable bonds is 4. The average Bonchev–Trinajstić information content (AvgIpc) is 2.99. The van der Waals surface area contributed by atoms with Crippen LogP contribution in [0.3, 0.4) is 0 Å². The Balaban J connectivity index is 1.87. The monoisotopic (exact) mass is 373 g/mol. The SMILES string of the molecule is CC1=C(C(=O)O[C@H]2CCC[C@@H]2C)[C@@H](c2ccc(N(C)C)cc2)NC(=S)N1. The fourth-order valence-corrected chi connectivity index (χ4v) is 3.94. The second kappa shape index (κ2) is 7.66. The number of allylic oxidation sites excluding steroid dienone is 1. The van der Waals surface area contributed by atoms with Gasteiger partial charge in [-0.2, -0.15) is 0 Å². The summed E-state index contributed by atoms with van der Waals surface area (Å²) in [5.74, 6) is 0.161. The Hall–Kier alpha value is -2.08. The molecule has 0 spiro atoms. The van der Waals surface area contributed by atoms with Gasteiger partial charge in [-0.15, -0.1) is 0 Å². The predicted molar refractivity (Wildman–Crippen MR) is 108 cm³/mol. The summed E-state index contributed by atoms with van der Waals surface area (Å²) in [7, 11) is 4.01. The Bertz CT molecular complexity index is 727. The molecule has 0 unspecified atom stereocenters. The van der Waals surface area contributed by atoms with E-state index in [0.717, 1.165) is 36.2 Å². The minimum absolute atomic E-state index is 0.00782. The molecule has 2 aliphatic rings. The van der Waals surface area contributed by atoms with Crippen molar-refractivity contribution < 1.29 is 9.53 Å². The third kappa shape index (κ3) is 3.85. The van der Waals surface area contributed by atoms with Crippen molar-refractivity contribution in [2.75, 3.05) is 19.0 Å². The Morgan fingerprint density at radius 2 is 1.92 bits per heavy atom. The van der Waals surface area contributed by atoms with E-state index in [0.29, 0.717) is 16.6 Å². The van der Waals surface area contributed by atoms with Crippen LogP contribution in [0.25, 0.3) is 0 Å². The summed E-state index contributed by atoms with van der Waals surface area (Å²) in [6.07, 6.45) is 3.19. The normalized spacial score (nSPS) is 25.5. The lowest BCUT2D eigenvalue weighted by molar-refractivity contribution is -0.146. The van der Waals surface area contributed by atoms with Gasteiger partial charge in [-0.05, 0) is 62.0 Å². The molecule has 0 amide bonds. The van der Waals surface area contributed by atoms with Crippen LogP contribution in [0, 0.1) is 5.92 Å². The number of hydrogen-bond acceptors (Lipinski definition) is 4. The molecular weight excluding hydrogens is 346 g/mol. The third-order valence-corrected chi connectivity index (χ3v) is 5.49. The summed E-state index contributed by atoms with van der Waals surface area (Å²) < 4.78 is 5.85. The maximum Gasteiger partial charge on any atom is 0.338 e. The average molecular weight is 374 g/mol. The Morgan fingerprint density at radius 3 is 2.50 bits per heavy atom. The van der Waals surface area contributed by atoms with E-state index in [1.807, 2.05) is 50.2 Å². The Labute approximate surface area is 160 Å². The van der Waals surface area contributed by atoms with Crippen molar-refractivity contribution in [1.82, 2.24) is 10.6 Å². The highest BCUT2D eigenvalue weighted by atomic mass is 32.1. The fourth-order valence-electron chi connectivity index (χ4n) is 3.67. The van der Waals surface area contributed by atoms with E-state index in [1.165, 1.54) is 0 Å². The van der Waals surface area contributed by atoms with Crippen LogP contribution in [-0.4, -0.2) is 31.3 Å². The highest BCUT2D eigenvalue weighted by molar-refractivity contribution is 7.80. The lowest BCUT2D eigenvalue weighted by atomic mass is 9.95. The van der Waals surface area contributed by atoms with Gasteiger partial charge in [0.25, 0.3) is 0 Å². The molecule has 26 heavy (non-hydrogen) atoms. The first-order valence-electron chi connectivity index (χ1n) is 9.13. The van der Waals surface area contributed by atoms with Gasteiger partial charge in [0.05, 0.1) is 11.6 Å². The summed E-state index contributed by atoms with van der Waals surface area (Å²) in [5.41, 5.74) is 3.46. The highest BCUT2D eigenvalue weighted by Gasteiger charge is 2.34. The smallest absolute Gasteiger partial charge is 0.338 e. The number of thiocarbonyl (C=S) groups is 1. The first kappa shape index (κ1) is 18.7. The van der Waals surface area contributed by atoms with Crippen LogP contribution in [0.5, 0.6) is 0 Å². The van der Waals surface area contributed by atoms with Gasteiger partial charge in [-0.1, -0.05) is 19.1 Å². The molecule has 3 atom stereocenters. The van der Waals surface area contributed by atoms with Gasteiger partial charge in [0.15, 0.2) is 5.11 Å². The van der Waals surface area contributed by atoms with E-state index in [2.05, 4.69) is 17.6 Å². The molecule has 1 fully saturated rings. The fraction of sp³-hybridized carbons (Fsp3) is 0.500. The zero-order valence-corrected chi connectivity index (χ0v) is 16.7. The zero-order valence-electron chi connectivity index (χ0n) is 15.8. The quantitative estimate of drug-likeness (QED) is 0.624. The molecule has 1 heterocycles. The molecule has 1 saturated carbocycles. The van der Waals surface area contributed by atoms with Crippen molar-refractivity contribution in [3.05, 3.63) is 41.1 Å². The highest BCUT2D eigenvalue weighted by Crippen LogP contribution is 2.32. The van der Waals surface area contributed by atoms with Gasteiger partial charge in [0.1, 0.15) is 6.10 Å². The number of carbonyl (C=O) groups is 1. The molecule has 3 rings (SSSR count). The zero-order chi connectivity index (χ0) is 18.8. The largest absolute Gasteiger partial charge is 0.459 e. The van der Waals surface area contributed by atoms with Crippen molar-refractivity contribution in [2.45, 2.75) is 45.3 Å². The predicted octanol–water partition coefficient (Wildman–Crippen LogP) is 3.28. The molecule has 6 heteroatoms. The number of ether oxygens (including phenoxy) is 1. The molecule has 0 saturated heterocycles. The molecule has 5 nitrogen and oxygen atoms in total. The first-order valence-corrected chi connectivity index (χ1v) is 9.54. The van der Waals surface area contributed by atoms with Gasteiger partial charge in [-0.3, -0.25) is 0 Å². The summed E-state index contributed by atoms with van der Waals surface area (Å²) >= 11 is 5.31. The van der Waals surface area contributed by atoms with E-state index in [-0.39, 0.29) is 18.1 Å². The van der Waals surface area contributed by atoms with Crippen molar-refractivity contribution in [3.63, 3.8) is 0 Å². The second-order valence-corrected chi connectivity index (χ2v) is 7.82.